The monoisotopic (exact) mass is 187 g/mol. The van der Waals surface area contributed by atoms with Crippen molar-refractivity contribution < 1.29 is 0 Å². The number of hydrogen-bond acceptors (Lipinski definition) is 3. The van der Waals surface area contributed by atoms with E-state index in [1.807, 2.05) is 30.5 Å². The van der Waals surface area contributed by atoms with Crippen LogP contribution in [0, 0.1) is 0 Å². The molecule has 0 fully saturated rings. The number of nitrogens with zero attached hydrogens (tertiary/aromatic N) is 2. The number of nitrogens with two attached hydrogens (primary N) is 1. The number of rotatable bonds is 3. The van der Waals surface area contributed by atoms with Crippen LogP contribution in [-0.4, -0.2) is 17.7 Å². The predicted octanol–water partition coefficient (Wildman–Crippen LogP) is 1.27. The summed E-state index contributed by atoms with van der Waals surface area (Å²) >= 11 is 0. The zero-order valence-corrected chi connectivity index (χ0v) is 7.93. The van der Waals surface area contributed by atoms with Gasteiger partial charge in [0.1, 0.15) is 5.54 Å². The van der Waals surface area contributed by atoms with E-state index >= 15 is 0 Å². The first-order valence-electron chi connectivity index (χ1n) is 4.72. The first-order chi connectivity index (χ1) is 6.87. The van der Waals surface area contributed by atoms with Gasteiger partial charge in [-0.05, 0) is 37.3 Å². The Bertz CT molecular complexity index is 342. The molecule has 0 aromatic carbocycles. The maximum absolute atomic E-state index is 5.60. The van der Waals surface area contributed by atoms with Crippen molar-refractivity contribution in [3.63, 3.8) is 0 Å². The normalized spacial score (nSPS) is 24.4. The van der Waals surface area contributed by atoms with Crippen LogP contribution in [0.4, 0.5) is 0 Å². The lowest BCUT2D eigenvalue weighted by molar-refractivity contribution is 0.517. The summed E-state index contributed by atoms with van der Waals surface area (Å²) in [6, 6.07) is 5.87. The highest BCUT2D eigenvalue weighted by atomic mass is 14.9. The summed E-state index contributed by atoms with van der Waals surface area (Å²) in [6.07, 6.45) is 8.41. The van der Waals surface area contributed by atoms with Gasteiger partial charge in [0.2, 0.25) is 0 Å². The van der Waals surface area contributed by atoms with Crippen molar-refractivity contribution in [2.75, 3.05) is 6.54 Å². The van der Waals surface area contributed by atoms with Gasteiger partial charge in [-0.25, -0.2) is 0 Å². The van der Waals surface area contributed by atoms with Gasteiger partial charge >= 0.3 is 0 Å². The van der Waals surface area contributed by atoms with Gasteiger partial charge in [-0.1, -0.05) is 6.07 Å². The maximum atomic E-state index is 5.60. The molecule has 3 heteroatoms. The van der Waals surface area contributed by atoms with Crippen LogP contribution in [0.2, 0.25) is 0 Å². The molecule has 14 heavy (non-hydrogen) atoms. The molecule has 1 aromatic rings. The Morgan fingerprint density at radius 2 is 2.29 bits per heavy atom. The summed E-state index contributed by atoms with van der Waals surface area (Å²) < 4.78 is 0. The summed E-state index contributed by atoms with van der Waals surface area (Å²) in [6.45, 7) is 0.609. The lowest BCUT2D eigenvalue weighted by atomic mass is 9.92. The van der Waals surface area contributed by atoms with Crippen LogP contribution < -0.4 is 5.73 Å². The number of aromatic nitrogens is 1. The molecule has 0 bridgehead atoms. The molecule has 1 aliphatic rings. The molecule has 2 rings (SSSR count). The first kappa shape index (κ1) is 9.09. The zero-order valence-electron chi connectivity index (χ0n) is 7.93. The highest BCUT2D eigenvalue weighted by Crippen LogP contribution is 2.31. The minimum atomic E-state index is -0.310. The van der Waals surface area contributed by atoms with E-state index in [1.165, 1.54) is 0 Å². The van der Waals surface area contributed by atoms with Gasteiger partial charge in [-0.2, -0.15) is 0 Å². The number of pyridine rings is 1. The summed E-state index contributed by atoms with van der Waals surface area (Å²) in [4.78, 5) is 8.78. The topological polar surface area (TPSA) is 51.3 Å². The third kappa shape index (κ3) is 1.46. The highest BCUT2D eigenvalue weighted by Gasteiger charge is 2.30. The van der Waals surface area contributed by atoms with Crippen LogP contribution in [0.25, 0.3) is 0 Å². The quantitative estimate of drug-likeness (QED) is 0.774. The van der Waals surface area contributed by atoms with Crippen molar-refractivity contribution >= 4 is 6.21 Å². The van der Waals surface area contributed by atoms with E-state index in [2.05, 4.69) is 16.1 Å². The molecule has 0 spiro atoms. The molecule has 72 valence electrons. The van der Waals surface area contributed by atoms with Crippen molar-refractivity contribution in [3.8, 4) is 0 Å². The standard InChI is InChI=1S/C11H13N3/c12-7-6-11(5-3-9-14-11)10-4-1-2-8-13-10/h1-5,8-9H,6-7,12H2. The smallest absolute Gasteiger partial charge is 0.122 e. The zero-order chi connectivity index (χ0) is 9.86. The molecule has 1 atom stereocenters. The SMILES string of the molecule is NCCC1(c2ccccn2)C=CC=N1. The van der Waals surface area contributed by atoms with Gasteiger partial charge in [0.05, 0.1) is 5.69 Å². The number of allylic oxidation sites excluding steroid dienone is 1. The Morgan fingerprint density at radius 1 is 1.36 bits per heavy atom. The molecule has 1 aliphatic heterocycles. The van der Waals surface area contributed by atoms with Crippen LogP contribution >= 0.6 is 0 Å². The average molecular weight is 187 g/mol. The van der Waals surface area contributed by atoms with Crippen LogP contribution in [-0.2, 0) is 5.54 Å². The minimum Gasteiger partial charge on any atom is -0.330 e. The van der Waals surface area contributed by atoms with Gasteiger partial charge in [0.25, 0.3) is 0 Å². The fourth-order valence-electron chi connectivity index (χ4n) is 1.69. The Balaban J connectivity index is 2.37. The second kappa shape index (κ2) is 3.72. The van der Waals surface area contributed by atoms with E-state index in [-0.39, 0.29) is 5.54 Å². The minimum absolute atomic E-state index is 0.310. The van der Waals surface area contributed by atoms with Crippen LogP contribution in [0.1, 0.15) is 12.1 Å². The van der Waals surface area contributed by atoms with Gasteiger partial charge in [0, 0.05) is 12.4 Å². The summed E-state index contributed by atoms with van der Waals surface area (Å²) in [7, 11) is 0. The van der Waals surface area contributed by atoms with Gasteiger partial charge in [-0.15, -0.1) is 0 Å². The van der Waals surface area contributed by atoms with Crippen molar-refractivity contribution in [1.29, 1.82) is 0 Å². The predicted molar refractivity (Wildman–Crippen MR) is 57.2 cm³/mol. The van der Waals surface area contributed by atoms with E-state index < -0.39 is 0 Å². The fourth-order valence-corrected chi connectivity index (χ4v) is 1.69. The fraction of sp³-hybridized carbons (Fsp3) is 0.273. The van der Waals surface area contributed by atoms with E-state index in [9.17, 15) is 0 Å². The van der Waals surface area contributed by atoms with Crippen LogP contribution in [0.15, 0.2) is 41.5 Å². The molecular weight excluding hydrogens is 174 g/mol. The van der Waals surface area contributed by atoms with Gasteiger partial charge in [0.15, 0.2) is 0 Å². The van der Waals surface area contributed by atoms with Crippen molar-refractivity contribution in [2.24, 2.45) is 10.7 Å². The Kier molecular flexibility index (Phi) is 2.41. The molecule has 0 saturated heterocycles. The average Bonchev–Trinajstić information content (AvgIpc) is 2.70. The van der Waals surface area contributed by atoms with Crippen LogP contribution in [0.3, 0.4) is 0 Å². The van der Waals surface area contributed by atoms with E-state index in [1.54, 1.807) is 6.20 Å². The lowest BCUT2D eigenvalue weighted by Gasteiger charge is -2.22. The highest BCUT2D eigenvalue weighted by molar-refractivity contribution is 5.75. The molecule has 0 amide bonds. The molecule has 0 aliphatic carbocycles. The van der Waals surface area contributed by atoms with Crippen LogP contribution in [0.5, 0.6) is 0 Å². The molecule has 3 nitrogen and oxygen atoms in total. The summed E-state index contributed by atoms with van der Waals surface area (Å²) in [5.74, 6) is 0. The number of hydrogen-bond donors (Lipinski definition) is 1. The molecule has 0 radical (unpaired) electrons. The van der Waals surface area contributed by atoms with Crippen molar-refractivity contribution in [2.45, 2.75) is 12.0 Å². The van der Waals surface area contributed by atoms with Gasteiger partial charge < -0.3 is 5.73 Å². The molecule has 2 heterocycles. The van der Waals surface area contributed by atoms with Crippen molar-refractivity contribution in [1.82, 2.24) is 4.98 Å². The molecule has 2 N–H and O–H groups in total. The summed E-state index contributed by atoms with van der Waals surface area (Å²) in [5.41, 5.74) is 6.25. The lowest BCUT2D eigenvalue weighted by Crippen LogP contribution is -2.24. The Hall–Kier alpha value is -1.48. The largest absolute Gasteiger partial charge is 0.330 e. The molecule has 1 unspecified atom stereocenters. The van der Waals surface area contributed by atoms with E-state index in [0.29, 0.717) is 6.54 Å². The molecule has 0 saturated carbocycles. The maximum Gasteiger partial charge on any atom is 0.122 e. The number of aliphatic imine (C=N–C) groups is 1. The van der Waals surface area contributed by atoms with Gasteiger partial charge in [-0.3, -0.25) is 9.98 Å². The van der Waals surface area contributed by atoms with Crippen molar-refractivity contribution in [3.05, 3.63) is 42.2 Å². The molecule has 1 aromatic heterocycles. The second-order valence-corrected chi connectivity index (χ2v) is 3.32. The summed E-state index contributed by atoms with van der Waals surface area (Å²) in [5, 5.41) is 0. The third-order valence-electron chi connectivity index (χ3n) is 2.40. The Morgan fingerprint density at radius 3 is 2.86 bits per heavy atom. The first-order valence-corrected chi connectivity index (χ1v) is 4.72. The second-order valence-electron chi connectivity index (χ2n) is 3.32. The third-order valence-corrected chi connectivity index (χ3v) is 2.40. The van der Waals surface area contributed by atoms with E-state index in [0.717, 1.165) is 12.1 Å². The molecular formula is C11H13N3. The Labute approximate surface area is 83.4 Å². The van der Waals surface area contributed by atoms with E-state index in [4.69, 9.17) is 5.73 Å².